The van der Waals surface area contributed by atoms with Crippen LogP contribution in [0.3, 0.4) is 0 Å². The molecule has 1 atom stereocenters. The van der Waals surface area contributed by atoms with Gasteiger partial charge in [0.05, 0.1) is 12.9 Å². The Balaban J connectivity index is 5.04. The second-order valence-electron chi connectivity index (χ2n) is 5.37. The molecule has 0 fully saturated rings. The number of rotatable bonds is 10. The second-order valence-corrected chi connectivity index (χ2v) is 12.9. The van der Waals surface area contributed by atoms with Crippen molar-refractivity contribution in [2.75, 3.05) is 33.2 Å². The molecule has 116 valence electrons. The molecule has 0 heterocycles. The maximum Gasteiger partial charge on any atom is 0.270 e. The third-order valence-corrected chi connectivity index (χ3v) is 8.01. The number of hydrogen-bond donors (Lipinski definition) is 0. The van der Waals surface area contributed by atoms with Crippen LogP contribution in [0.2, 0.25) is 19.6 Å². The fourth-order valence-electron chi connectivity index (χ4n) is 1.46. The Bertz CT molecular complexity index is 290. The van der Waals surface area contributed by atoms with Crippen LogP contribution in [0, 0.1) is 0 Å². The van der Waals surface area contributed by atoms with Gasteiger partial charge in [-0.2, -0.15) is 0 Å². The van der Waals surface area contributed by atoms with Gasteiger partial charge in [-0.15, -0.1) is 0 Å². The minimum absolute atomic E-state index is 0.376. The topological polar surface area (TPSA) is 48.0 Å². The summed E-state index contributed by atoms with van der Waals surface area (Å²) in [4.78, 5) is 0. The fourth-order valence-corrected chi connectivity index (χ4v) is 5.86. The van der Waals surface area contributed by atoms with Crippen LogP contribution in [0.25, 0.3) is 0 Å². The highest BCUT2D eigenvalue weighted by Crippen LogP contribution is 2.53. The zero-order valence-corrected chi connectivity index (χ0v) is 15.3. The van der Waals surface area contributed by atoms with Crippen LogP contribution in [-0.2, 0) is 18.6 Å². The smallest absolute Gasteiger partial charge is 0.270 e. The summed E-state index contributed by atoms with van der Waals surface area (Å²) in [6.07, 6.45) is 0.376. The van der Waals surface area contributed by atoms with Crippen molar-refractivity contribution in [2.45, 2.75) is 46.4 Å². The van der Waals surface area contributed by atoms with Gasteiger partial charge in [-0.05, 0) is 27.8 Å². The van der Waals surface area contributed by atoms with E-state index in [1.807, 2.05) is 27.8 Å². The maximum absolute atomic E-state index is 13.1. The Morgan fingerprint density at radius 1 is 1.05 bits per heavy atom. The zero-order valence-electron chi connectivity index (χ0n) is 13.4. The second kappa shape index (κ2) is 8.55. The number of ether oxygens (including phenoxy) is 2. The van der Waals surface area contributed by atoms with Crippen LogP contribution in [0.1, 0.15) is 20.8 Å². The molecular formula is C12H30NO4PSi. The van der Waals surface area contributed by atoms with Crippen molar-refractivity contribution < 1.29 is 18.6 Å². The van der Waals surface area contributed by atoms with E-state index in [1.54, 1.807) is 0 Å². The maximum atomic E-state index is 13.1. The average Bonchev–Trinajstić information content (AvgIpc) is 2.27. The van der Waals surface area contributed by atoms with Gasteiger partial charge in [-0.1, -0.05) is 19.6 Å². The quantitative estimate of drug-likeness (QED) is 0.352. The predicted molar refractivity (Wildman–Crippen MR) is 82.2 cm³/mol. The Hall–Kier alpha value is 0.287. The molecule has 0 aliphatic rings. The highest BCUT2D eigenvalue weighted by molar-refractivity contribution is 7.59. The summed E-state index contributed by atoms with van der Waals surface area (Å²) in [5.41, 5.74) is 0. The van der Waals surface area contributed by atoms with E-state index >= 15 is 0 Å². The van der Waals surface area contributed by atoms with Gasteiger partial charge in [0.2, 0.25) is 6.03 Å². The lowest BCUT2D eigenvalue weighted by molar-refractivity contribution is -0.0893. The fraction of sp³-hybridized carbons (Fsp3) is 1.00. The summed E-state index contributed by atoms with van der Waals surface area (Å²) in [6.45, 7) is 13.5. The Morgan fingerprint density at radius 2 is 1.53 bits per heavy atom. The monoisotopic (exact) mass is 311 g/mol. The van der Waals surface area contributed by atoms with Gasteiger partial charge >= 0.3 is 0 Å². The largest absolute Gasteiger partial charge is 0.345 e. The minimum atomic E-state index is -3.00. The van der Waals surface area contributed by atoms with E-state index in [4.69, 9.17) is 14.0 Å². The molecule has 0 aromatic rings. The molecule has 0 aromatic carbocycles. The molecule has 0 aliphatic heterocycles. The summed E-state index contributed by atoms with van der Waals surface area (Å²) in [6, 6.07) is -0.763. The molecule has 0 rings (SSSR count). The molecule has 0 radical (unpaired) electrons. The normalized spacial score (nSPS) is 16.1. The first-order valence-corrected chi connectivity index (χ1v) is 12.2. The van der Waals surface area contributed by atoms with Gasteiger partial charge in [-0.25, -0.2) is 0 Å². The molecule has 1 unspecified atom stereocenters. The third kappa shape index (κ3) is 6.51. The van der Waals surface area contributed by atoms with Crippen molar-refractivity contribution in [3.63, 3.8) is 0 Å². The van der Waals surface area contributed by atoms with Crippen molar-refractivity contribution in [1.29, 1.82) is 0 Å². The van der Waals surface area contributed by atoms with Crippen molar-refractivity contribution >= 4 is 15.6 Å². The van der Waals surface area contributed by atoms with Gasteiger partial charge in [0.15, 0.2) is 0 Å². The predicted octanol–water partition coefficient (Wildman–Crippen LogP) is 3.38. The summed E-state index contributed by atoms with van der Waals surface area (Å²) in [5, 5.41) is 0. The summed E-state index contributed by atoms with van der Waals surface area (Å²) < 4.78 is 31.7. The minimum Gasteiger partial charge on any atom is -0.345 e. The lowest BCUT2D eigenvalue weighted by Gasteiger charge is -2.35. The van der Waals surface area contributed by atoms with Crippen LogP contribution in [-0.4, -0.2) is 52.0 Å². The van der Waals surface area contributed by atoms with E-state index in [2.05, 4.69) is 24.2 Å². The van der Waals surface area contributed by atoms with Crippen LogP contribution in [0.4, 0.5) is 0 Å². The third-order valence-electron chi connectivity index (χ3n) is 2.84. The lowest BCUT2D eigenvalue weighted by atomic mass is 10.9. The molecule has 0 spiro atoms. The average molecular weight is 311 g/mol. The first-order chi connectivity index (χ1) is 8.71. The Kier molecular flexibility index (Phi) is 8.68. The molecule has 5 nitrogen and oxygen atoms in total. The highest BCUT2D eigenvalue weighted by Gasteiger charge is 2.39. The molecule has 7 heteroatoms. The molecule has 0 N–H and O–H groups in total. The summed E-state index contributed by atoms with van der Waals surface area (Å²) >= 11 is 0. The van der Waals surface area contributed by atoms with E-state index in [-0.39, 0.29) is 0 Å². The van der Waals surface area contributed by atoms with Crippen molar-refractivity contribution in [3.05, 3.63) is 0 Å². The molecule has 0 amide bonds. The number of nitrogens with zero attached hydrogens (tertiary/aromatic N) is 1. The van der Waals surface area contributed by atoms with Crippen LogP contribution >= 0.6 is 7.37 Å². The first kappa shape index (κ1) is 19.3. The molecule has 19 heavy (non-hydrogen) atoms. The van der Waals surface area contributed by atoms with Crippen LogP contribution in [0.15, 0.2) is 0 Å². The van der Waals surface area contributed by atoms with E-state index in [1.165, 1.54) is 0 Å². The SMILES string of the molecule is CCOC(OCC)P(=O)(CN(C)[Si](C)(C)C)OCC. The molecule has 0 aliphatic carbocycles. The molecule has 0 bridgehead atoms. The molecule has 0 aromatic heterocycles. The van der Waals surface area contributed by atoms with E-state index in [0.29, 0.717) is 26.1 Å². The number of hydrogen-bond acceptors (Lipinski definition) is 5. The van der Waals surface area contributed by atoms with E-state index in [9.17, 15) is 4.57 Å². The van der Waals surface area contributed by atoms with Gasteiger partial charge in [0, 0.05) is 13.2 Å². The van der Waals surface area contributed by atoms with Crippen LogP contribution in [0.5, 0.6) is 0 Å². The van der Waals surface area contributed by atoms with Crippen molar-refractivity contribution in [1.82, 2.24) is 4.57 Å². The molecule has 0 saturated heterocycles. The zero-order chi connectivity index (χ0) is 15.1. The summed E-state index contributed by atoms with van der Waals surface area (Å²) in [5.74, 6) is 0. The van der Waals surface area contributed by atoms with Crippen LogP contribution < -0.4 is 0 Å². The Morgan fingerprint density at radius 3 is 1.84 bits per heavy atom. The molecule has 0 saturated carbocycles. The molecular weight excluding hydrogens is 281 g/mol. The van der Waals surface area contributed by atoms with Gasteiger partial charge in [0.1, 0.15) is 8.24 Å². The first-order valence-electron chi connectivity index (χ1n) is 6.89. The highest BCUT2D eigenvalue weighted by atomic mass is 31.2. The Labute approximate surface area is 119 Å². The van der Waals surface area contributed by atoms with Crippen molar-refractivity contribution in [2.24, 2.45) is 0 Å². The van der Waals surface area contributed by atoms with Crippen molar-refractivity contribution in [3.8, 4) is 0 Å². The lowest BCUT2D eigenvalue weighted by Crippen LogP contribution is -2.44. The standard InChI is InChI=1S/C12H30NO4PSi/c1-8-15-12(16-9-2)18(14,17-10-3)11-13(4)19(5,6)7/h12H,8-11H2,1-7H3. The van der Waals surface area contributed by atoms with E-state index in [0.717, 1.165) is 0 Å². The van der Waals surface area contributed by atoms with E-state index < -0.39 is 21.6 Å². The summed E-state index contributed by atoms with van der Waals surface area (Å²) in [7, 11) is -2.53. The van der Waals surface area contributed by atoms with Gasteiger partial charge < -0.3 is 18.6 Å². The van der Waals surface area contributed by atoms with Gasteiger partial charge in [-0.3, -0.25) is 4.57 Å². The van der Waals surface area contributed by atoms with Gasteiger partial charge in [0.25, 0.3) is 7.37 Å².